The number of nitrogens with one attached hydrogen (secondary N) is 1. The third-order valence-electron chi connectivity index (χ3n) is 4.39. The number of rotatable bonds is 3. The van der Waals surface area contributed by atoms with Crippen molar-refractivity contribution < 1.29 is 14.0 Å². The van der Waals surface area contributed by atoms with Crippen molar-refractivity contribution in [2.45, 2.75) is 25.7 Å². The van der Waals surface area contributed by atoms with E-state index >= 15 is 0 Å². The number of thioether (sulfide) groups is 1. The zero-order chi connectivity index (χ0) is 19.7. The van der Waals surface area contributed by atoms with Gasteiger partial charge in [0.25, 0.3) is 11.1 Å². The Kier molecular flexibility index (Phi) is 5.28. The molecule has 1 aromatic heterocycles. The van der Waals surface area contributed by atoms with Crippen molar-refractivity contribution in [2.24, 2.45) is 0 Å². The van der Waals surface area contributed by atoms with Gasteiger partial charge < -0.3 is 14.6 Å². The molecule has 0 saturated carbocycles. The smallest absolute Gasteiger partial charge is 0.291 e. The molecule has 0 aliphatic carbocycles. The van der Waals surface area contributed by atoms with Crippen LogP contribution in [0, 0.1) is 20.8 Å². The number of furan rings is 1. The van der Waals surface area contributed by atoms with E-state index in [-0.39, 0.29) is 11.1 Å². The van der Waals surface area contributed by atoms with Crippen molar-refractivity contribution in [2.75, 3.05) is 19.4 Å². The Labute approximate surface area is 162 Å². The molecule has 1 heterocycles. The third-order valence-corrected chi connectivity index (χ3v) is 5.50. The highest BCUT2D eigenvalue weighted by Crippen LogP contribution is 2.33. The standard InChI is InChI=1S/C21H22N2O3S/c1-12-10-11-13(2)18-17(12)14(3)19(26-18)20(24)22-15-8-6-7-9-16(15)27-21(25)23(4)5/h6-11H,1-5H3,(H,22,24). The fourth-order valence-electron chi connectivity index (χ4n) is 2.91. The lowest BCUT2D eigenvalue weighted by molar-refractivity contribution is 0.0997. The van der Waals surface area contributed by atoms with Crippen LogP contribution in [0.15, 0.2) is 45.7 Å². The molecule has 0 atom stereocenters. The second kappa shape index (κ2) is 7.48. The van der Waals surface area contributed by atoms with Crippen LogP contribution in [0.3, 0.4) is 0 Å². The van der Waals surface area contributed by atoms with Crippen LogP contribution in [-0.4, -0.2) is 30.1 Å². The molecule has 0 saturated heterocycles. The highest BCUT2D eigenvalue weighted by Gasteiger charge is 2.21. The molecule has 1 N–H and O–H groups in total. The molecule has 5 nitrogen and oxygen atoms in total. The summed E-state index contributed by atoms with van der Waals surface area (Å²) in [6.45, 7) is 5.86. The first kappa shape index (κ1) is 19.0. The quantitative estimate of drug-likeness (QED) is 0.618. The summed E-state index contributed by atoms with van der Waals surface area (Å²) in [4.78, 5) is 27.1. The van der Waals surface area contributed by atoms with Gasteiger partial charge in [-0.25, -0.2) is 0 Å². The summed E-state index contributed by atoms with van der Waals surface area (Å²) < 4.78 is 5.91. The lowest BCUT2D eigenvalue weighted by Crippen LogP contribution is -2.17. The molecule has 0 bridgehead atoms. The number of aryl methyl sites for hydroxylation is 3. The van der Waals surface area contributed by atoms with E-state index in [1.165, 1.54) is 4.90 Å². The Morgan fingerprint density at radius 1 is 1.00 bits per heavy atom. The molecule has 2 aromatic carbocycles. The van der Waals surface area contributed by atoms with Crippen LogP contribution < -0.4 is 5.32 Å². The second-order valence-corrected chi connectivity index (χ2v) is 7.67. The van der Waals surface area contributed by atoms with Gasteiger partial charge >= 0.3 is 0 Å². The van der Waals surface area contributed by atoms with Gasteiger partial charge in [0.1, 0.15) is 5.58 Å². The van der Waals surface area contributed by atoms with E-state index in [9.17, 15) is 9.59 Å². The minimum atomic E-state index is -0.326. The van der Waals surface area contributed by atoms with Crippen LogP contribution >= 0.6 is 11.8 Å². The topological polar surface area (TPSA) is 62.6 Å². The molecule has 6 heteroatoms. The predicted octanol–water partition coefficient (Wildman–Crippen LogP) is 5.38. The first-order valence-corrected chi connectivity index (χ1v) is 9.40. The molecule has 0 spiro atoms. The monoisotopic (exact) mass is 382 g/mol. The van der Waals surface area contributed by atoms with Crippen LogP contribution in [0.2, 0.25) is 0 Å². The van der Waals surface area contributed by atoms with Gasteiger partial charge in [0, 0.05) is 29.9 Å². The van der Waals surface area contributed by atoms with E-state index in [0.717, 1.165) is 39.4 Å². The molecule has 0 unspecified atom stereocenters. The van der Waals surface area contributed by atoms with E-state index in [1.807, 2.05) is 51.1 Å². The molecule has 0 aliphatic rings. The Bertz CT molecular complexity index is 1040. The Hall–Kier alpha value is -2.73. The third kappa shape index (κ3) is 3.71. The molecular weight excluding hydrogens is 360 g/mol. The summed E-state index contributed by atoms with van der Waals surface area (Å²) in [7, 11) is 3.39. The van der Waals surface area contributed by atoms with E-state index in [2.05, 4.69) is 5.32 Å². The number of carbonyl (C=O) groups is 2. The van der Waals surface area contributed by atoms with Crippen LogP contribution in [0.5, 0.6) is 0 Å². The minimum Gasteiger partial charge on any atom is -0.450 e. The zero-order valence-electron chi connectivity index (χ0n) is 16.0. The fourth-order valence-corrected chi connectivity index (χ4v) is 3.66. The number of anilines is 1. The molecule has 140 valence electrons. The zero-order valence-corrected chi connectivity index (χ0v) is 16.9. The van der Waals surface area contributed by atoms with E-state index in [0.29, 0.717) is 16.3 Å². The summed E-state index contributed by atoms with van der Waals surface area (Å²) in [5.74, 6) is -0.0333. The summed E-state index contributed by atoms with van der Waals surface area (Å²) in [5, 5.41) is 3.76. The minimum absolute atomic E-state index is 0.108. The number of carbonyl (C=O) groups excluding carboxylic acids is 2. The van der Waals surface area contributed by atoms with E-state index in [4.69, 9.17) is 4.42 Å². The Balaban J connectivity index is 1.94. The van der Waals surface area contributed by atoms with E-state index < -0.39 is 0 Å². The van der Waals surface area contributed by atoms with Crippen molar-refractivity contribution in [3.63, 3.8) is 0 Å². The van der Waals surface area contributed by atoms with Gasteiger partial charge in [-0.05, 0) is 55.8 Å². The van der Waals surface area contributed by atoms with Gasteiger partial charge in [-0.15, -0.1) is 0 Å². The number of hydrogen-bond donors (Lipinski definition) is 1. The Morgan fingerprint density at radius 3 is 2.33 bits per heavy atom. The van der Waals surface area contributed by atoms with Crippen LogP contribution in [0.25, 0.3) is 11.0 Å². The summed E-state index contributed by atoms with van der Waals surface area (Å²) in [5.41, 5.74) is 4.20. The molecule has 0 aliphatic heterocycles. The second-order valence-electron chi connectivity index (χ2n) is 6.67. The van der Waals surface area contributed by atoms with Gasteiger partial charge in [-0.1, -0.05) is 24.3 Å². The highest BCUT2D eigenvalue weighted by atomic mass is 32.2. The highest BCUT2D eigenvalue weighted by molar-refractivity contribution is 8.13. The predicted molar refractivity (Wildman–Crippen MR) is 110 cm³/mol. The van der Waals surface area contributed by atoms with Crippen molar-refractivity contribution in [3.05, 3.63) is 58.8 Å². The number of fused-ring (bicyclic) bond motifs is 1. The maximum Gasteiger partial charge on any atom is 0.291 e. The number of nitrogens with zero attached hydrogens (tertiary/aromatic N) is 1. The van der Waals surface area contributed by atoms with Crippen LogP contribution in [-0.2, 0) is 0 Å². The molecule has 3 aromatic rings. The number of amides is 2. The van der Waals surface area contributed by atoms with Crippen molar-refractivity contribution in [1.29, 1.82) is 0 Å². The molecule has 0 fully saturated rings. The summed E-state index contributed by atoms with van der Waals surface area (Å²) in [6, 6.07) is 11.3. The molecule has 2 amide bonds. The lowest BCUT2D eigenvalue weighted by Gasteiger charge is -2.12. The number of hydrogen-bond acceptors (Lipinski definition) is 4. The van der Waals surface area contributed by atoms with Gasteiger partial charge in [0.15, 0.2) is 5.76 Å². The van der Waals surface area contributed by atoms with Gasteiger partial charge in [-0.3, -0.25) is 9.59 Å². The first-order chi connectivity index (χ1) is 12.8. The fraction of sp³-hybridized carbons (Fsp3) is 0.238. The maximum absolute atomic E-state index is 12.9. The molecular formula is C21H22N2O3S. The van der Waals surface area contributed by atoms with Gasteiger partial charge in [0.2, 0.25) is 0 Å². The van der Waals surface area contributed by atoms with Gasteiger partial charge in [-0.2, -0.15) is 0 Å². The van der Waals surface area contributed by atoms with Crippen LogP contribution in [0.4, 0.5) is 10.5 Å². The average molecular weight is 382 g/mol. The van der Waals surface area contributed by atoms with Gasteiger partial charge in [0.05, 0.1) is 5.69 Å². The van der Waals surface area contributed by atoms with Crippen LogP contribution in [0.1, 0.15) is 27.2 Å². The molecule has 3 rings (SSSR count). The van der Waals surface area contributed by atoms with Crippen molar-refractivity contribution in [1.82, 2.24) is 4.90 Å². The normalized spacial score (nSPS) is 10.9. The largest absolute Gasteiger partial charge is 0.450 e. The summed E-state index contributed by atoms with van der Waals surface area (Å²) >= 11 is 1.07. The number of benzene rings is 2. The van der Waals surface area contributed by atoms with Crippen molar-refractivity contribution in [3.8, 4) is 0 Å². The SMILES string of the molecule is Cc1ccc(C)c2c(C)c(C(=O)Nc3ccccc3SC(=O)N(C)C)oc12. The average Bonchev–Trinajstić information content (AvgIpc) is 2.98. The number of para-hydroxylation sites is 1. The molecule has 0 radical (unpaired) electrons. The summed E-state index contributed by atoms with van der Waals surface area (Å²) in [6.07, 6.45) is 0. The van der Waals surface area contributed by atoms with E-state index in [1.54, 1.807) is 20.2 Å². The maximum atomic E-state index is 12.9. The Morgan fingerprint density at radius 2 is 1.67 bits per heavy atom. The lowest BCUT2D eigenvalue weighted by atomic mass is 10.0. The van der Waals surface area contributed by atoms with Crippen molar-refractivity contribution >= 4 is 39.6 Å². The molecule has 27 heavy (non-hydrogen) atoms. The first-order valence-electron chi connectivity index (χ1n) is 8.58.